The van der Waals surface area contributed by atoms with Crippen molar-refractivity contribution in [3.8, 4) is 34.3 Å². The smallest absolute Gasteiger partial charge is 0.356 e. The van der Waals surface area contributed by atoms with Gasteiger partial charge in [0.05, 0.1) is 53.2 Å². The molecule has 8 heterocycles. The van der Waals surface area contributed by atoms with Crippen molar-refractivity contribution in [1.29, 1.82) is 0 Å². The standard InChI is InChI=1S/C13H11Cl3N2O3.C12H14N2O2.C11H12N2O.C10H11N3O.C9H10N4O.C8H14N2O/c1-3-21-13(20)10-6(2)12(19)18(17-10)11-8(15)4-7(14)5-9(11)16;1-8-9(2)13-14(12(8)15)10-5-4-6-11(7-10)16-3;1-8-9(2)12-13(11(8)14)10-6-4-3-5-7-10;1-7-8(2)12-13(10(7)14)9-4-3-5-11-6-9;1-6-7(2)12-13(9(6)14)8-5-10-3-4-11-8;1-4-5-10-8(11)6(2)7(3)9-10/h4-5,17H,3H2,1-2H3;4-7,13H,1-3H3;3-7,12H,1-2H3;3-6,12H,1-2H3;3-5,12H,1-2H3;9H,4-5H2,1-3H3. The highest BCUT2D eigenvalue weighted by Crippen LogP contribution is 2.31. The Morgan fingerprint density at radius 3 is 1.39 bits per heavy atom. The number of halogens is 3. The maximum atomic E-state index is 12.3. The lowest BCUT2D eigenvalue weighted by atomic mass is 10.3. The quantitative estimate of drug-likeness (QED) is 0.0697. The van der Waals surface area contributed by atoms with Crippen LogP contribution in [0.25, 0.3) is 28.6 Å². The summed E-state index contributed by atoms with van der Waals surface area (Å²) in [6, 6.07) is 23.5. The highest BCUT2D eigenvalue weighted by molar-refractivity contribution is 6.40. The minimum absolute atomic E-state index is 0.0181. The highest BCUT2D eigenvalue weighted by Gasteiger charge is 2.22. The maximum absolute atomic E-state index is 12.3. The van der Waals surface area contributed by atoms with Gasteiger partial charge in [0.15, 0.2) is 5.82 Å². The van der Waals surface area contributed by atoms with Crippen LogP contribution in [0, 0.1) is 76.2 Å². The number of aryl methyl sites for hydroxylation is 6. The lowest BCUT2D eigenvalue weighted by Gasteiger charge is -2.08. The molecule has 0 saturated heterocycles. The summed E-state index contributed by atoms with van der Waals surface area (Å²) >= 11 is 18.0. The Morgan fingerprint density at radius 1 is 0.478 bits per heavy atom. The van der Waals surface area contributed by atoms with E-state index in [-0.39, 0.29) is 61.4 Å². The molecular formula is C63H72Cl3N15O9. The van der Waals surface area contributed by atoms with E-state index in [4.69, 9.17) is 44.3 Å². The van der Waals surface area contributed by atoms with Crippen LogP contribution < -0.4 is 38.1 Å². The van der Waals surface area contributed by atoms with Gasteiger partial charge in [-0.25, -0.2) is 28.5 Å². The van der Waals surface area contributed by atoms with Gasteiger partial charge in [-0.2, -0.15) is 4.68 Å². The molecule has 474 valence electrons. The number of aromatic nitrogens is 15. The summed E-state index contributed by atoms with van der Waals surface area (Å²) in [5.74, 6) is 0.620. The van der Waals surface area contributed by atoms with Gasteiger partial charge in [-0.3, -0.25) is 74.0 Å². The third-order valence-corrected chi connectivity index (χ3v) is 15.0. The summed E-state index contributed by atoms with van der Waals surface area (Å²) in [6.07, 6.45) is 8.97. The van der Waals surface area contributed by atoms with Gasteiger partial charge < -0.3 is 9.47 Å². The molecule has 8 aromatic heterocycles. The van der Waals surface area contributed by atoms with Crippen molar-refractivity contribution in [2.75, 3.05) is 13.7 Å². The SMILES string of the molecule is CCCn1[nH]c(C)c(C)c1=O.CCOC(=O)c1[nH]n(-c2c(Cl)cc(Cl)cc2Cl)c(=O)c1C.COc1cccc(-n2[nH]c(C)c(C)c2=O)c1.Cc1[nH]n(-c2ccccc2)c(=O)c1C.Cc1[nH]n(-c2cccnc2)c(=O)c1C.Cc1[nH]n(-c2cnccn2)c(=O)c1C. The van der Waals surface area contributed by atoms with Gasteiger partial charge >= 0.3 is 5.97 Å². The molecule has 0 aliphatic rings. The van der Waals surface area contributed by atoms with Gasteiger partial charge in [-0.1, -0.05) is 66.0 Å². The molecule has 0 spiro atoms. The van der Waals surface area contributed by atoms with Crippen LogP contribution in [0.5, 0.6) is 5.75 Å². The lowest BCUT2D eigenvalue weighted by molar-refractivity contribution is 0.0518. The fraction of sp³-hybridized carbons (Fsp3) is 0.270. The van der Waals surface area contributed by atoms with E-state index in [0.717, 1.165) is 91.2 Å². The Labute approximate surface area is 531 Å². The van der Waals surface area contributed by atoms with Crippen molar-refractivity contribution in [2.24, 2.45) is 0 Å². The number of rotatable bonds is 10. The van der Waals surface area contributed by atoms with Gasteiger partial charge in [0.1, 0.15) is 17.1 Å². The third-order valence-electron chi connectivity index (χ3n) is 14.2. The van der Waals surface area contributed by atoms with Gasteiger partial charge in [0.2, 0.25) is 0 Å². The van der Waals surface area contributed by atoms with Crippen LogP contribution in [0.1, 0.15) is 92.6 Å². The van der Waals surface area contributed by atoms with E-state index in [0.29, 0.717) is 16.4 Å². The Morgan fingerprint density at radius 2 is 0.944 bits per heavy atom. The van der Waals surface area contributed by atoms with E-state index in [1.807, 2.05) is 116 Å². The Hall–Kier alpha value is -9.91. The topological polar surface area (TPSA) is 301 Å². The molecule has 0 bridgehead atoms. The third kappa shape index (κ3) is 16.4. The number of para-hydroxylation sites is 1. The molecule has 0 radical (unpaired) electrons. The molecule has 0 amide bonds. The summed E-state index contributed by atoms with van der Waals surface area (Å²) in [5.41, 5.74) is 10.8. The first-order chi connectivity index (χ1) is 42.8. The average molecular weight is 1290 g/mol. The number of hydrogen-bond donors (Lipinski definition) is 6. The maximum Gasteiger partial charge on any atom is 0.356 e. The van der Waals surface area contributed by atoms with Gasteiger partial charge in [-0.05, 0) is 138 Å². The monoisotopic (exact) mass is 1290 g/mol. The molecule has 24 nitrogen and oxygen atoms in total. The lowest BCUT2D eigenvalue weighted by Crippen LogP contribution is -2.17. The van der Waals surface area contributed by atoms with Crippen molar-refractivity contribution >= 4 is 40.8 Å². The number of benzene rings is 3. The number of H-pyrrole nitrogens is 6. The van der Waals surface area contributed by atoms with Crippen molar-refractivity contribution in [2.45, 2.75) is 103 Å². The summed E-state index contributed by atoms with van der Waals surface area (Å²) in [5, 5.41) is 18.4. The molecular weight excluding hydrogens is 1220 g/mol. The Kier molecular flexibility index (Phi) is 24.1. The van der Waals surface area contributed by atoms with Gasteiger partial charge in [0.25, 0.3) is 33.4 Å². The number of nitrogens with one attached hydrogen (secondary N) is 6. The fourth-order valence-electron chi connectivity index (χ4n) is 8.36. The predicted octanol–water partition coefficient (Wildman–Crippen LogP) is 10.1. The molecule has 0 atom stereocenters. The van der Waals surface area contributed by atoms with Crippen LogP contribution in [-0.4, -0.2) is 93.3 Å². The average Bonchev–Trinajstić information content (AvgIpc) is 1.74. The molecule has 0 unspecified atom stereocenters. The van der Waals surface area contributed by atoms with Crippen LogP contribution in [0.4, 0.5) is 0 Å². The zero-order valence-corrected chi connectivity index (χ0v) is 54.6. The number of nitrogens with zero attached hydrogens (tertiary/aromatic N) is 9. The van der Waals surface area contributed by atoms with Crippen LogP contribution in [0.3, 0.4) is 0 Å². The predicted molar refractivity (Wildman–Crippen MR) is 350 cm³/mol. The largest absolute Gasteiger partial charge is 0.497 e. The van der Waals surface area contributed by atoms with E-state index in [2.05, 4.69) is 52.5 Å². The molecule has 0 fully saturated rings. The zero-order chi connectivity index (χ0) is 66.3. The summed E-state index contributed by atoms with van der Waals surface area (Å²) in [7, 11) is 1.60. The molecule has 6 N–H and O–H groups in total. The molecule has 0 aliphatic carbocycles. The molecule has 11 rings (SSSR count). The molecule has 0 saturated carbocycles. The second-order valence-corrected chi connectivity index (χ2v) is 21.6. The van der Waals surface area contributed by atoms with E-state index < -0.39 is 11.5 Å². The summed E-state index contributed by atoms with van der Waals surface area (Å²) in [4.78, 5) is 94.2. The van der Waals surface area contributed by atoms with E-state index in [9.17, 15) is 33.6 Å². The van der Waals surface area contributed by atoms with Gasteiger partial charge in [-0.15, -0.1) is 0 Å². The molecule has 11 aromatic rings. The first-order valence-electron chi connectivity index (χ1n) is 28.2. The van der Waals surface area contributed by atoms with E-state index in [1.54, 1.807) is 68.1 Å². The first kappa shape index (κ1) is 69.2. The van der Waals surface area contributed by atoms with Crippen molar-refractivity contribution in [3.63, 3.8) is 0 Å². The fourth-order valence-corrected chi connectivity index (χ4v) is 9.34. The number of pyridine rings is 1. The second-order valence-electron chi connectivity index (χ2n) is 20.3. The summed E-state index contributed by atoms with van der Waals surface area (Å²) in [6.45, 7) is 24.7. The number of ether oxygens (including phenoxy) is 2. The summed E-state index contributed by atoms with van der Waals surface area (Å²) < 4.78 is 18.7. The molecule has 3 aromatic carbocycles. The second kappa shape index (κ2) is 31.3. The first-order valence-corrected chi connectivity index (χ1v) is 29.3. The van der Waals surface area contributed by atoms with Gasteiger partial charge in [0, 0.05) is 98.1 Å². The minimum atomic E-state index is -0.618. The Balaban J connectivity index is 0.000000174. The van der Waals surface area contributed by atoms with Crippen LogP contribution in [0.2, 0.25) is 15.1 Å². The number of hydrogen-bond acceptors (Lipinski definition) is 12. The Bertz CT molecular complexity index is 4360. The number of aromatic amines is 6. The highest BCUT2D eigenvalue weighted by atomic mass is 35.5. The van der Waals surface area contributed by atoms with Crippen LogP contribution in [-0.2, 0) is 11.3 Å². The van der Waals surface area contributed by atoms with Crippen molar-refractivity contribution in [3.05, 3.63) is 255 Å². The number of carbonyl (C=O) groups is 1. The zero-order valence-electron chi connectivity index (χ0n) is 52.3. The van der Waals surface area contributed by atoms with Crippen molar-refractivity contribution < 1.29 is 14.3 Å². The number of esters is 1. The van der Waals surface area contributed by atoms with Crippen LogP contribution >= 0.6 is 34.8 Å². The molecule has 0 aliphatic heterocycles. The van der Waals surface area contributed by atoms with E-state index in [1.165, 1.54) is 39.3 Å². The normalized spacial score (nSPS) is 10.5. The number of carbonyl (C=O) groups excluding carboxylic acids is 1. The van der Waals surface area contributed by atoms with Crippen molar-refractivity contribution in [1.82, 2.24) is 73.6 Å². The molecule has 27 heteroatoms. The number of methoxy groups -OCH3 is 1. The minimum Gasteiger partial charge on any atom is -0.497 e. The van der Waals surface area contributed by atoms with E-state index >= 15 is 0 Å². The molecule has 90 heavy (non-hydrogen) atoms. The van der Waals surface area contributed by atoms with Crippen LogP contribution in [0.15, 0.2) is 139 Å².